The molecule has 1 unspecified atom stereocenters. The molecular formula is C23H30FN3O2. The van der Waals surface area contributed by atoms with Crippen LogP contribution in [0.25, 0.3) is 11.1 Å². The van der Waals surface area contributed by atoms with Crippen molar-refractivity contribution in [2.75, 3.05) is 19.6 Å². The summed E-state index contributed by atoms with van der Waals surface area (Å²) in [5, 5.41) is 3.96. The number of hydrogen-bond donors (Lipinski definition) is 1. The molecule has 0 spiro atoms. The van der Waals surface area contributed by atoms with E-state index in [-0.39, 0.29) is 17.8 Å². The van der Waals surface area contributed by atoms with Crippen LogP contribution in [0.2, 0.25) is 0 Å². The molecule has 29 heavy (non-hydrogen) atoms. The molecule has 1 aromatic carbocycles. The number of aromatic nitrogens is 1. The first-order chi connectivity index (χ1) is 14.0. The number of nitrogens with zero attached hydrogens (tertiary/aromatic N) is 2. The average Bonchev–Trinajstić information content (AvgIpc) is 3.28. The second kappa shape index (κ2) is 9.74. The van der Waals surface area contributed by atoms with E-state index in [9.17, 15) is 9.18 Å². The van der Waals surface area contributed by atoms with Gasteiger partial charge in [-0.3, -0.25) is 4.79 Å². The quantitative estimate of drug-likeness (QED) is 0.539. The number of fused-ring (bicyclic) bond motifs is 1. The highest BCUT2D eigenvalue weighted by Gasteiger charge is 2.19. The topological polar surface area (TPSA) is 50.4 Å². The molecule has 5 nitrogen and oxygen atoms in total. The fourth-order valence-electron chi connectivity index (χ4n) is 3.67. The van der Waals surface area contributed by atoms with Gasteiger partial charge in [-0.25, -0.2) is 4.39 Å². The Morgan fingerprint density at radius 1 is 1.24 bits per heavy atom. The molecule has 1 amide bonds. The normalized spacial score (nSPS) is 12.6. The number of halogens is 1. The third-order valence-corrected chi connectivity index (χ3v) is 5.35. The number of hydrogen-bond acceptors (Lipinski definition) is 3. The van der Waals surface area contributed by atoms with Crippen LogP contribution in [0.5, 0.6) is 0 Å². The van der Waals surface area contributed by atoms with Gasteiger partial charge < -0.3 is 19.2 Å². The summed E-state index contributed by atoms with van der Waals surface area (Å²) in [7, 11) is 0. The molecule has 3 aromatic rings. The Bertz CT molecular complexity index is 943. The highest BCUT2D eigenvalue weighted by Crippen LogP contribution is 2.23. The fraction of sp³-hybridized carbons (Fsp3) is 0.435. The van der Waals surface area contributed by atoms with Crippen molar-refractivity contribution in [1.29, 1.82) is 0 Å². The highest BCUT2D eigenvalue weighted by atomic mass is 19.1. The molecule has 0 fully saturated rings. The number of rotatable bonds is 10. The van der Waals surface area contributed by atoms with Gasteiger partial charge in [0.1, 0.15) is 11.5 Å². The van der Waals surface area contributed by atoms with E-state index in [1.807, 2.05) is 29.7 Å². The number of carbonyl (C=O) groups is 1. The summed E-state index contributed by atoms with van der Waals surface area (Å²) in [5.74, 6) is -0.429. The molecule has 0 aliphatic heterocycles. The van der Waals surface area contributed by atoms with E-state index in [2.05, 4.69) is 24.1 Å². The first-order valence-corrected chi connectivity index (χ1v) is 10.4. The van der Waals surface area contributed by atoms with E-state index in [1.165, 1.54) is 12.1 Å². The van der Waals surface area contributed by atoms with Gasteiger partial charge in [-0.05, 0) is 69.2 Å². The standard InChI is InChI=1S/C23H30FN3O2/c1-4-26(5-2)12-7-8-17(3)25-22(28)21-15-19-11-13-29-23(19)27(21)16-18-9-6-10-20(24)14-18/h6,9-11,13-15,17H,4-5,7-8,12,16H2,1-3H3,(H,25,28). The number of furan rings is 1. The Balaban J connectivity index is 1.70. The van der Waals surface area contributed by atoms with Crippen molar-refractivity contribution in [2.45, 2.75) is 46.2 Å². The summed E-state index contributed by atoms with van der Waals surface area (Å²) in [6, 6.07) is 10.1. The summed E-state index contributed by atoms with van der Waals surface area (Å²) in [5.41, 5.74) is 1.92. The lowest BCUT2D eigenvalue weighted by Crippen LogP contribution is -2.34. The highest BCUT2D eigenvalue weighted by molar-refractivity contribution is 5.97. The maximum Gasteiger partial charge on any atom is 0.268 e. The first-order valence-electron chi connectivity index (χ1n) is 10.4. The van der Waals surface area contributed by atoms with Gasteiger partial charge in [-0.15, -0.1) is 0 Å². The predicted molar refractivity (Wildman–Crippen MR) is 114 cm³/mol. The van der Waals surface area contributed by atoms with Gasteiger partial charge in [0.15, 0.2) is 0 Å². The van der Waals surface area contributed by atoms with Crippen LogP contribution in [-0.2, 0) is 6.54 Å². The lowest BCUT2D eigenvalue weighted by molar-refractivity contribution is 0.0928. The molecule has 1 N–H and O–H groups in total. The smallest absolute Gasteiger partial charge is 0.268 e. The maximum atomic E-state index is 13.6. The minimum Gasteiger partial charge on any atom is -0.448 e. The number of benzene rings is 1. The van der Waals surface area contributed by atoms with E-state index in [0.717, 1.165) is 43.4 Å². The molecule has 0 saturated heterocycles. The van der Waals surface area contributed by atoms with Crippen LogP contribution in [0, 0.1) is 5.82 Å². The summed E-state index contributed by atoms with van der Waals surface area (Å²) in [4.78, 5) is 15.3. The number of nitrogens with one attached hydrogen (secondary N) is 1. The third-order valence-electron chi connectivity index (χ3n) is 5.35. The van der Waals surface area contributed by atoms with Gasteiger partial charge >= 0.3 is 0 Å². The molecule has 0 radical (unpaired) electrons. The largest absolute Gasteiger partial charge is 0.448 e. The SMILES string of the molecule is CCN(CC)CCCC(C)NC(=O)c1cc2ccoc2n1Cc1cccc(F)c1. The van der Waals surface area contributed by atoms with Gasteiger partial charge in [0.2, 0.25) is 5.71 Å². The molecule has 0 aliphatic rings. The minimum atomic E-state index is -0.293. The minimum absolute atomic E-state index is 0.0712. The number of carbonyl (C=O) groups excluding carboxylic acids is 1. The Kier molecular flexibility index (Phi) is 7.09. The third kappa shape index (κ3) is 5.26. The van der Waals surface area contributed by atoms with Crippen LogP contribution in [0.4, 0.5) is 4.39 Å². The van der Waals surface area contributed by atoms with Gasteiger partial charge in [0, 0.05) is 11.4 Å². The Morgan fingerprint density at radius 2 is 2.03 bits per heavy atom. The van der Waals surface area contributed by atoms with E-state index in [4.69, 9.17) is 4.42 Å². The molecule has 6 heteroatoms. The van der Waals surface area contributed by atoms with Crippen LogP contribution in [0.3, 0.4) is 0 Å². The van der Waals surface area contributed by atoms with E-state index in [1.54, 1.807) is 12.3 Å². The molecule has 156 valence electrons. The molecule has 0 aliphatic carbocycles. The lowest BCUT2D eigenvalue weighted by Gasteiger charge is -2.20. The molecule has 3 rings (SSSR count). The van der Waals surface area contributed by atoms with Crippen LogP contribution < -0.4 is 5.32 Å². The molecule has 1 atom stereocenters. The van der Waals surface area contributed by atoms with Crippen LogP contribution in [0.1, 0.15) is 49.7 Å². The van der Waals surface area contributed by atoms with E-state index < -0.39 is 0 Å². The Labute approximate surface area is 171 Å². The monoisotopic (exact) mass is 399 g/mol. The van der Waals surface area contributed by atoms with Crippen molar-refractivity contribution in [1.82, 2.24) is 14.8 Å². The predicted octanol–water partition coefficient (Wildman–Crippen LogP) is 4.66. The second-order valence-corrected chi connectivity index (χ2v) is 7.47. The summed E-state index contributed by atoms with van der Waals surface area (Å²) in [6.07, 6.45) is 3.56. The zero-order valence-electron chi connectivity index (χ0n) is 17.5. The summed E-state index contributed by atoms with van der Waals surface area (Å²) >= 11 is 0. The summed E-state index contributed by atoms with van der Waals surface area (Å²) < 4.78 is 21.0. The van der Waals surface area contributed by atoms with Crippen molar-refractivity contribution in [3.63, 3.8) is 0 Å². The van der Waals surface area contributed by atoms with E-state index in [0.29, 0.717) is 18.0 Å². The second-order valence-electron chi connectivity index (χ2n) is 7.47. The molecule has 0 saturated carbocycles. The zero-order valence-corrected chi connectivity index (χ0v) is 17.5. The summed E-state index contributed by atoms with van der Waals surface area (Å²) in [6.45, 7) is 9.86. The van der Waals surface area contributed by atoms with Crippen molar-refractivity contribution in [3.05, 3.63) is 59.7 Å². The van der Waals surface area contributed by atoms with E-state index >= 15 is 0 Å². The van der Waals surface area contributed by atoms with Crippen molar-refractivity contribution < 1.29 is 13.6 Å². The molecule has 2 aromatic heterocycles. The van der Waals surface area contributed by atoms with Gasteiger partial charge in [0.05, 0.1) is 12.8 Å². The van der Waals surface area contributed by atoms with Gasteiger partial charge in [0.25, 0.3) is 5.91 Å². The van der Waals surface area contributed by atoms with Crippen LogP contribution in [-0.4, -0.2) is 41.1 Å². The van der Waals surface area contributed by atoms with Crippen molar-refractivity contribution in [3.8, 4) is 0 Å². The molecule has 2 heterocycles. The zero-order chi connectivity index (χ0) is 20.8. The number of amides is 1. The fourth-order valence-corrected chi connectivity index (χ4v) is 3.67. The van der Waals surface area contributed by atoms with Crippen molar-refractivity contribution in [2.24, 2.45) is 0 Å². The lowest BCUT2D eigenvalue weighted by atomic mass is 10.1. The molecular weight excluding hydrogens is 369 g/mol. The van der Waals surface area contributed by atoms with Crippen LogP contribution in [0.15, 0.2) is 47.1 Å². The first kappa shape index (κ1) is 21.1. The average molecular weight is 400 g/mol. The maximum absolute atomic E-state index is 13.6. The Hall–Kier alpha value is -2.60. The molecule has 0 bridgehead atoms. The van der Waals surface area contributed by atoms with Gasteiger partial charge in [-0.2, -0.15) is 0 Å². The van der Waals surface area contributed by atoms with Gasteiger partial charge in [-0.1, -0.05) is 26.0 Å². The van der Waals surface area contributed by atoms with Crippen LogP contribution >= 0.6 is 0 Å². The Morgan fingerprint density at radius 3 is 2.76 bits per heavy atom. The van der Waals surface area contributed by atoms with Crippen molar-refractivity contribution >= 4 is 17.0 Å².